The zero-order chi connectivity index (χ0) is 22.9. The van der Waals surface area contributed by atoms with Crippen LogP contribution >= 0.6 is 11.6 Å². The number of hydrogen-bond donors (Lipinski definition) is 0. The Bertz CT molecular complexity index is 1350. The van der Waals surface area contributed by atoms with Crippen LogP contribution in [0.4, 0.5) is 5.95 Å². The molecule has 0 saturated heterocycles. The molecule has 0 amide bonds. The van der Waals surface area contributed by atoms with Gasteiger partial charge in [0.15, 0.2) is 0 Å². The van der Waals surface area contributed by atoms with E-state index >= 15 is 0 Å². The molecular weight excluding hydrogens is 434 g/mol. The lowest BCUT2D eigenvalue weighted by Gasteiger charge is -2.15. The Morgan fingerprint density at radius 3 is 2.36 bits per heavy atom. The molecule has 33 heavy (non-hydrogen) atoms. The molecule has 1 aliphatic heterocycles. The van der Waals surface area contributed by atoms with Crippen LogP contribution in [0.2, 0.25) is 5.02 Å². The van der Waals surface area contributed by atoms with Crippen LogP contribution in [0.15, 0.2) is 88.8 Å². The molecule has 1 aromatic heterocycles. The first-order valence-corrected chi connectivity index (χ1v) is 11.2. The zero-order valence-corrected chi connectivity index (χ0v) is 19.3. The lowest BCUT2D eigenvalue weighted by molar-refractivity contribution is 0.645. The molecule has 1 atom stereocenters. The van der Waals surface area contributed by atoms with Gasteiger partial charge in [0.05, 0.1) is 18.8 Å². The normalized spacial score (nSPS) is 15.7. The number of aryl methyl sites for hydroxylation is 1. The number of benzene rings is 3. The minimum atomic E-state index is -0.169. The molecule has 166 valence electrons. The van der Waals surface area contributed by atoms with E-state index in [9.17, 15) is 4.79 Å². The van der Waals surface area contributed by atoms with Crippen molar-refractivity contribution < 1.29 is 0 Å². The van der Waals surface area contributed by atoms with Crippen LogP contribution in [0, 0.1) is 6.92 Å². The van der Waals surface area contributed by atoms with Crippen LogP contribution in [0.3, 0.4) is 0 Å². The predicted octanol–water partition coefficient (Wildman–Crippen LogP) is 4.60. The van der Waals surface area contributed by atoms with Gasteiger partial charge in [-0.2, -0.15) is 5.10 Å². The van der Waals surface area contributed by atoms with Crippen molar-refractivity contribution >= 4 is 23.3 Å². The van der Waals surface area contributed by atoms with E-state index in [1.54, 1.807) is 11.6 Å². The third kappa shape index (κ3) is 4.22. The van der Waals surface area contributed by atoms with Gasteiger partial charge in [-0.25, -0.2) is 14.5 Å². The van der Waals surface area contributed by atoms with E-state index in [1.807, 2.05) is 78.7 Å². The molecule has 0 fully saturated rings. The number of aromatic nitrogens is 3. The van der Waals surface area contributed by atoms with E-state index in [1.165, 1.54) is 10.2 Å². The van der Waals surface area contributed by atoms with Crippen molar-refractivity contribution in [2.45, 2.75) is 19.4 Å². The summed E-state index contributed by atoms with van der Waals surface area (Å²) >= 11 is 6.11. The van der Waals surface area contributed by atoms with Crippen LogP contribution in [0.25, 0.3) is 0 Å². The summed E-state index contributed by atoms with van der Waals surface area (Å²) < 4.78 is 3.05. The monoisotopic (exact) mass is 457 g/mol. The van der Waals surface area contributed by atoms with Crippen LogP contribution < -0.4 is 10.7 Å². The SMILES string of the molecule is Cc1ccc(Cn2nc(N3C[C@H](c4ccccc4)C(c4ccc(Cl)cc4)=N3)n(C)c2=O)cc1. The maximum atomic E-state index is 12.9. The summed E-state index contributed by atoms with van der Waals surface area (Å²) in [5.74, 6) is 0.571. The Balaban J connectivity index is 1.51. The second-order valence-electron chi connectivity index (χ2n) is 8.32. The summed E-state index contributed by atoms with van der Waals surface area (Å²) in [5.41, 5.74) is 5.13. The highest BCUT2D eigenvalue weighted by Gasteiger charge is 2.32. The minimum Gasteiger partial charge on any atom is -0.263 e. The van der Waals surface area contributed by atoms with Crippen molar-refractivity contribution in [1.29, 1.82) is 0 Å². The van der Waals surface area contributed by atoms with E-state index < -0.39 is 0 Å². The molecule has 0 N–H and O–H groups in total. The van der Waals surface area contributed by atoms with Gasteiger partial charge in [0.2, 0.25) is 5.95 Å². The molecule has 0 unspecified atom stereocenters. The maximum absolute atomic E-state index is 12.9. The highest BCUT2D eigenvalue weighted by atomic mass is 35.5. The van der Waals surface area contributed by atoms with Gasteiger partial charge in [-0.1, -0.05) is 83.9 Å². The molecule has 4 aromatic rings. The molecule has 0 saturated carbocycles. The van der Waals surface area contributed by atoms with Crippen molar-refractivity contribution in [3.63, 3.8) is 0 Å². The Labute approximate surface area is 197 Å². The van der Waals surface area contributed by atoms with Gasteiger partial charge in [-0.15, -0.1) is 5.10 Å². The molecule has 6 nitrogen and oxygen atoms in total. The molecule has 0 bridgehead atoms. The third-order valence-electron chi connectivity index (χ3n) is 5.96. The molecule has 2 heterocycles. The lowest BCUT2D eigenvalue weighted by Crippen LogP contribution is -2.25. The van der Waals surface area contributed by atoms with Crippen molar-refractivity contribution in [3.05, 3.63) is 117 Å². The van der Waals surface area contributed by atoms with Gasteiger partial charge in [-0.3, -0.25) is 4.57 Å². The highest BCUT2D eigenvalue weighted by Crippen LogP contribution is 2.31. The summed E-state index contributed by atoms with van der Waals surface area (Å²) in [4.78, 5) is 12.9. The average molecular weight is 458 g/mol. The topological polar surface area (TPSA) is 55.4 Å². The van der Waals surface area contributed by atoms with Gasteiger partial charge in [-0.05, 0) is 35.7 Å². The van der Waals surface area contributed by atoms with Crippen LogP contribution in [0.5, 0.6) is 0 Å². The van der Waals surface area contributed by atoms with E-state index in [0.29, 0.717) is 24.1 Å². The third-order valence-corrected chi connectivity index (χ3v) is 6.21. The van der Waals surface area contributed by atoms with Gasteiger partial charge in [0.25, 0.3) is 0 Å². The number of rotatable bonds is 5. The first-order valence-electron chi connectivity index (χ1n) is 10.9. The molecule has 7 heteroatoms. The molecule has 5 rings (SSSR count). The molecular formula is C26H24ClN5O. The fourth-order valence-corrected chi connectivity index (χ4v) is 4.25. The molecule has 1 aliphatic rings. The summed E-state index contributed by atoms with van der Waals surface area (Å²) in [5, 5.41) is 12.1. The fourth-order valence-electron chi connectivity index (χ4n) is 4.13. The average Bonchev–Trinajstić information content (AvgIpc) is 3.39. The number of hydrazone groups is 1. The largest absolute Gasteiger partial charge is 0.347 e. The van der Waals surface area contributed by atoms with Crippen LogP contribution in [-0.4, -0.2) is 26.6 Å². The lowest BCUT2D eigenvalue weighted by atomic mass is 9.91. The Hall–Kier alpha value is -3.64. The molecule has 0 aliphatic carbocycles. The van der Waals surface area contributed by atoms with Crippen molar-refractivity contribution in [2.24, 2.45) is 12.1 Å². The summed E-state index contributed by atoms with van der Waals surface area (Å²) in [6.07, 6.45) is 0. The molecule has 0 spiro atoms. The minimum absolute atomic E-state index is 0.0460. The van der Waals surface area contributed by atoms with Gasteiger partial charge in [0, 0.05) is 18.0 Å². The quantitative estimate of drug-likeness (QED) is 0.440. The van der Waals surface area contributed by atoms with Crippen molar-refractivity contribution in [3.8, 4) is 0 Å². The second-order valence-corrected chi connectivity index (χ2v) is 8.76. The Kier molecular flexibility index (Phi) is 5.60. The second kappa shape index (κ2) is 8.71. The smallest absolute Gasteiger partial charge is 0.263 e. The van der Waals surface area contributed by atoms with E-state index in [4.69, 9.17) is 16.7 Å². The number of nitrogens with zero attached hydrogens (tertiary/aromatic N) is 5. The van der Waals surface area contributed by atoms with Crippen molar-refractivity contribution in [2.75, 3.05) is 11.6 Å². The first-order chi connectivity index (χ1) is 16.0. The fraction of sp³-hybridized carbons (Fsp3) is 0.192. The first kappa shape index (κ1) is 21.2. The van der Waals surface area contributed by atoms with E-state index in [2.05, 4.69) is 17.2 Å². The number of hydrogen-bond acceptors (Lipinski definition) is 4. The summed E-state index contributed by atoms with van der Waals surface area (Å²) in [6.45, 7) is 3.05. The standard InChI is InChI=1S/C26H24ClN5O/c1-18-8-10-19(11-9-18)16-32-26(33)30(2)25(29-32)31-17-23(20-6-4-3-5-7-20)24(28-31)21-12-14-22(27)15-13-21/h3-15,23H,16-17H2,1-2H3/t23-/m1/s1. The van der Waals surface area contributed by atoms with E-state index in [-0.39, 0.29) is 11.6 Å². The maximum Gasteiger partial charge on any atom is 0.347 e. The number of halogens is 1. The van der Waals surface area contributed by atoms with Gasteiger partial charge < -0.3 is 0 Å². The van der Waals surface area contributed by atoms with Gasteiger partial charge >= 0.3 is 5.69 Å². The predicted molar refractivity (Wildman–Crippen MR) is 132 cm³/mol. The molecule has 0 radical (unpaired) electrons. The van der Waals surface area contributed by atoms with Crippen LogP contribution in [-0.2, 0) is 13.6 Å². The van der Waals surface area contributed by atoms with Crippen molar-refractivity contribution in [1.82, 2.24) is 14.3 Å². The molecule has 3 aromatic carbocycles. The Morgan fingerprint density at radius 1 is 0.970 bits per heavy atom. The summed E-state index contributed by atoms with van der Waals surface area (Å²) in [6, 6.07) is 26.1. The van der Waals surface area contributed by atoms with Gasteiger partial charge in [0.1, 0.15) is 0 Å². The zero-order valence-electron chi connectivity index (χ0n) is 18.5. The Morgan fingerprint density at radius 2 is 1.67 bits per heavy atom. The summed E-state index contributed by atoms with van der Waals surface area (Å²) in [7, 11) is 1.74. The number of anilines is 1. The van der Waals surface area contributed by atoms with E-state index in [0.717, 1.165) is 22.4 Å². The highest BCUT2D eigenvalue weighted by molar-refractivity contribution is 6.30. The van der Waals surface area contributed by atoms with Crippen LogP contribution in [0.1, 0.15) is 28.2 Å².